The zero-order valence-electron chi connectivity index (χ0n) is 15.3. The highest BCUT2D eigenvalue weighted by molar-refractivity contribution is 5.82. The third-order valence-electron chi connectivity index (χ3n) is 4.95. The molecule has 1 aromatic carbocycles. The Hall–Kier alpha value is -2.16. The molecular weight excluding hydrogens is 363 g/mol. The molecule has 0 spiro atoms. The van der Waals surface area contributed by atoms with E-state index in [1.54, 1.807) is 18.2 Å². The van der Waals surface area contributed by atoms with Crippen LogP contribution >= 0.6 is 0 Å². The second kappa shape index (κ2) is 8.69. The summed E-state index contributed by atoms with van der Waals surface area (Å²) in [6.45, 7) is 2.62. The first kappa shape index (κ1) is 21.1. The molecule has 0 saturated carbocycles. The van der Waals surface area contributed by atoms with Crippen LogP contribution in [-0.4, -0.2) is 47.1 Å². The molecule has 27 heavy (non-hydrogen) atoms. The van der Waals surface area contributed by atoms with Crippen LogP contribution in [0.25, 0.3) is 0 Å². The number of para-hydroxylation sites is 1. The lowest BCUT2D eigenvalue weighted by molar-refractivity contribution is -0.385. The predicted octanol–water partition coefficient (Wildman–Crippen LogP) is 3.30. The molecule has 1 aliphatic heterocycles. The Bertz CT molecular complexity index is 681. The van der Waals surface area contributed by atoms with Gasteiger partial charge < -0.3 is 10.2 Å². The van der Waals surface area contributed by atoms with Gasteiger partial charge in [0.1, 0.15) is 6.54 Å². The predicted molar refractivity (Wildman–Crippen MR) is 94.2 cm³/mol. The Morgan fingerprint density at radius 1 is 1.33 bits per heavy atom. The number of halogens is 3. The molecule has 2 rings (SSSR count). The van der Waals surface area contributed by atoms with Crippen LogP contribution in [0.3, 0.4) is 0 Å². The number of rotatable bonds is 7. The summed E-state index contributed by atoms with van der Waals surface area (Å²) in [4.78, 5) is 23.9. The molecule has 1 amide bonds. The van der Waals surface area contributed by atoms with Gasteiger partial charge in [0, 0.05) is 24.2 Å². The first-order chi connectivity index (χ1) is 12.6. The van der Waals surface area contributed by atoms with Crippen LogP contribution < -0.4 is 5.32 Å². The lowest BCUT2D eigenvalue weighted by Crippen LogP contribution is -2.55. The molecule has 0 radical (unpaired) electrons. The van der Waals surface area contributed by atoms with E-state index < -0.39 is 29.6 Å². The van der Waals surface area contributed by atoms with Gasteiger partial charge in [0.2, 0.25) is 5.91 Å². The third-order valence-corrected chi connectivity index (χ3v) is 4.95. The average molecular weight is 387 g/mol. The van der Waals surface area contributed by atoms with Crippen LogP contribution in [0.1, 0.15) is 32.3 Å². The molecule has 1 fully saturated rings. The number of hydrogen-bond donors (Lipinski definition) is 1. The topological polar surface area (TPSA) is 75.5 Å². The maximum atomic E-state index is 12.6. The Morgan fingerprint density at radius 2 is 2.00 bits per heavy atom. The molecule has 1 N–H and O–H groups in total. The van der Waals surface area contributed by atoms with Crippen molar-refractivity contribution in [3.8, 4) is 0 Å². The van der Waals surface area contributed by atoms with E-state index in [-0.39, 0.29) is 24.2 Å². The lowest BCUT2D eigenvalue weighted by atomic mass is 9.92. The Morgan fingerprint density at radius 3 is 2.63 bits per heavy atom. The van der Waals surface area contributed by atoms with E-state index >= 15 is 0 Å². The zero-order valence-corrected chi connectivity index (χ0v) is 15.3. The van der Waals surface area contributed by atoms with Gasteiger partial charge in [-0.1, -0.05) is 25.1 Å². The first-order valence-corrected chi connectivity index (χ1v) is 8.92. The van der Waals surface area contributed by atoms with Crippen LogP contribution in [0.4, 0.5) is 18.9 Å². The number of carbonyl (C=O) groups is 1. The molecule has 0 aliphatic carbocycles. The summed E-state index contributed by atoms with van der Waals surface area (Å²) >= 11 is 0. The van der Waals surface area contributed by atoms with Gasteiger partial charge in [0.25, 0.3) is 5.69 Å². The molecule has 0 aromatic heterocycles. The van der Waals surface area contributed by atoms with Gasteiger partial charge in [0.15, 0.2) is 0 Å². The highest BCUT2D eigenvalue weighted by atomic mass is 19.4. The van der Waals surface area contributed by atoms with Gasteiger partial charge in [-0.3, -0.25) is 14.9 Å². The number of piperidine rings is 1. The molecule has 1 aromatic rings. The first-order valence-electron chi connectivity index (χ1n) is 8.92. The summed E-state index contributed by atoms with van der Waals surface area (Å²) in [5.74, 6) is -0.583. The second-order valence-electron chi connectivity index (χ2n) is 7.09. The normalized spacial score (nSPS) is 20.4. The van der Waals surface area contributed by atoms with E-state index in [0.717, 1.165) is 4.90 Å². The quantitative estimate of drug-likeness (QED) is 0.575. The highest BCUT2D eigenvalue weighted by Crippen LogP contribution is 2.24. The van der Waals surface area contributed by atoms with Gasteiger partial charge >= 0.3 is 6.18 Å². The minimum atomic E-state index is -4.41. The van der Waals surface area contributed by atoms with Crippen LogP contribution in [0.2, 0.25) is 0 Å². The molecule has 150 valence electrons. The molecule has 0 bridgehead atoms. The van der Waals surface area contributed by atoms with E-state index in [9.17, 15) is 28.1 Å². The summed E-state index contributed by atoms with van der Waals surface area (Å²) in [7, 11) is 0. The molecule has 0 unspecified atom stereocenters. The fraction of sp³-hybridized carbons (Fsp3) is 0.611. The molecule has 1 heterocycles. The summed E-state index contributed by atoms with van der Waals surface area (Å²) in [6, 6.07) is 5.61. The number of nitrogens with one attached hydrogen (secondary N) is 1. The van der Waals surface area contributed by atoms with Gasteiger partial charge in [-0.2, -0.15) is 13.2 Å². The van der Waals surface area contributed by atoms with Crippen molar-refractivity contribution >= 4 is 11.6 Å². The van der Waals surface area contributed by atoms with Crippen molar-refractivity contribution in [2.75, 3.05) is 13.1 Å². The highest BCUT2D eigenvalue weighted by Gasteiger charge is 2.37. The smallest absolute Gasteiger partial charge is 0.332 e. The summed E-state index contributed by atoms with van der Waals surface area (Å²) in [5, 5.41) is 14.3. The van der Waals surface area contributed by atoms with Crippen molar-refractivity contribution in [1.82, 2.24) is 10.2 Å². The van der Waals surface area contributed by atoms with Crippen molar-refractivity contribution < 1.29 is 22.9 Å². The van der Waals surface area contributed by atoms with Crippen LogP contribution in [-0.2, 0) is 11.2 Å². The molecule has 1 saturated heterocycles. The largest absolute Gasteiger partial charge is 0.406 e. The average Bonchev–Trinajstić information content (AvgIpc) is 2.57. The van der Waals surface area contributed by atoms with E-state index in [2.05, 4.69) is 5.32 Å². The minimum Gasteiger partial charge on any atom is -0.332 e. The monoisotopic (exact) mass is 387 g/mol. The second-order valence-corrected chi connectivity index (χ2v) is 7.09. The Balaban J connectivity index is 1.98. The molecule has 9 heteroatoms. The van der Waals surface area contributed by atoms with Crippen LogP contribution in [0, 0.1) is 16.0 Å². The number of alkyl halides is 3. The van der Waals surface area contributed by atoms with E-state index in [1.807, 2.05) is 13.8 Å². The van der Waals surface area contributed by atoms with Gasteiger partial charge in [-0.25, -0.2) is 0 Å². The number of nitrogens with zero attached hydrogens (tertiary/aromatic N) is 2. The lowest BCUT2D eigenvalue weighted by Gasteiger charge is -2.35. The maximum Gasteiger partial charge on any atom is 0.406 e. The Labute approximate surface area is 155 Å². The van der Waals surface area contributed by atoms with E-state index in [1.165, 1.54) is 6.07 Å². The van der Waals surface area contributed by atoms with Gasteiger partial charge in [0.05, 0.1) is 11.0 Å². The zero-order chi connectivity index (χ0) is 20.2. The van der Waals surface area contributed by atoms with Crippen molar-refractivity contribution in [1.29, 1.82) is 0 Å². The number of nitro benzene ring substituents is 1. The van der Waals surface area contributed by atoms with Crippen molar-refractivity contribution in [3.05, 3.63) is 39.9 Å². The van der Waals surface area contributed by atoms with Crippen molar-refractivity contribution in [2.24, 2.45) is 5.92 Å². The summed E-state index contributed by atoms with van der Waals surface area (Å²) in [6.07, 6.45) is -3.00. The molecule has 6 nitrogen and oxygen atoms in total. The fourth-order valence-corrected chi connectivity index (χ4v) is 3.34. The number of likely N-dealkylation sites (tertiary alicyclic amines) is 1. The number of benzene rings is 1. The van der Waals surface area contributed by atoms with Gasteiger partial charge in [-0.05, 0) is 32.1 Å². The number of amides is 1. The number of nitro groups is 1. The Kier molecular flexibility index (Phi) is 6.80. The molecule has 1 aliphatic rings. The SMILES string of the molecule is C[C@H](Cc1ccccc1[N+](=O)[O-])[C@H](C)N[C@@H]1CCCN(CC(F)(F)F)C1=O. The van der Waals surface area contributed by atoms with Crippen LogP contribution in [0.5, 0.6) is 0 Å². The minimum absolute atomic E-state index is 0.0432. The standard InChI is InChI=1S/C18H24F3N3O3/c1-12(10-14-6-3-4-8-16(14)24(26)27)13(2)22-15-7-5-9-23(17(15)25)11-18(19,20)21/h3-4,6,8,12-13,15,22H,5,7,9-11H2,1-2H3/t12-,13+,15-/m1/s1. The number of carbonyl (C=O) groups excluding carboxylic acids is 1. The van der Waals surface area contributed by atoms with Crippen molar-refractivity contribution in [3.63, 3.8) is 0 Å². The maximum absolute atomic E-state index is 12.6. The fourth-order valence-electron chi connectivity index (χ4n) is 3.34. The van der Waals surface area contributed by atoms with Crippen LogP contribution in [0.15, 0.2) is 24.3 Å². The van der Waals surface area contributed by atoms with Crippen molar-refractivity contribution in [2.45, 2.75) is 51.4 Å². The molecular formula is C18H24F3N3O3. The third kappa shape index (κ3) is 5.92. The number of hydrogen-bond acceptors (Lipinski definition) is 4. The van der Waals surface area contributed by atoms with E-state index in [4.69, 9.17) is 0 Å². The summed E-state index contributed by atoms with van der Waals surface area (Å²) in [5.41, 5.74) is 0.638. The summed E-state index contributed by atoms with van der Waals surface area (Å²) < 4.78 is 37.8. The molecule has 3 atom stereocenters. The van der Waals surface area contributed by atoms with E-state index in [0.29, 0.717) is 24.8 Å². The van der Waals surface area contributed by atoms with Gasteiger partial charge in [-0.15, -0.1) is 0 Å².